The first-order chi connectivity index (χ1) is 9.33. The molecule has 6 nitrogen and oxygen atoms in total. The number of ether oxygens (including phenoxy) is 1. The second kappa shape index (κ2) is 9.72. The largest absolute Gasteiger partial charge is 0.396 e. The Kier molecular flexibility index (Phi) is 9.16. The van der Waals surface area contributed by atoms with Crippen LogP contribution in [0.1, 0.15) is 34.1 Å². The monoisotopic (exact) mass is 288 g/mol. The lowest BCUT2D eigenvalue weighted by Gasteiger charge is -2.27. The highest BCUT2D eigenvalue weighted by Crippen LogP contribution is 2.08. The highest BCUT2D eigenvalue weighted by molar-refractivity contribution is 5.88. The van der Waals surface area contributed by atoms with Crippen LogP contribution in [0.15, 0.2) is 0 Å². The van der Waals surface area contributed by atoms with Crippen LogP contribution in [0.5, 0.6) is 0 Å². The Bertz CT molecular complexity index is 306. The molecular weight excluding hydrogens is 260 g/mol. The molecule has 2 amide bonds. The van der Waals surface area contributed by atoms with E-state index in [1.54, 1.807) is 0 Å². The van der Waals surface area contributed by atoms with Crippen molar-refractivity contribution >= 4 is 11.8 Å². The van der Waals surface area contributed by atoms with E-state index in [2.05, 4.69) is 10.6 Å². The van der Waals surface area contributed by atoms with Gasteiger partial charge in [-0.3, -0.25) is 9.59 Å². The number of aliphatic hydroxyl groups is 1. The Hall–Kier alpha value is -1.14. The minimum absolute atomic E-state index is 0.0194. The molecule has 0 aliphatic heterocycles. The van der Waals surface area contributed by atoms with Crippen LogP contribution < -0.4 is 10.6 Å². The molecule has 0 aromatic rings. The van der Waals surface area contributed by atoms with Gasteiger partial charge >= 0.3 is 0 Å². The number of carbonyl (C=O) groups is 2. The van der Waals surface area contributed by atoms with Crippen LogP contribution in [0.4, 0.5) is 0 Å². The van der Waals surface area contributed by atoms with Crippen molar-refractivity contribution in [2.45, 2.75) is 46.2 Å². The van der Waals surface area contributed by atoms with Crippen molar-refractivity contribution in [1.82, 2.24) is 10.6 Å². The lowest BCUT2D eigenvalue weighted by Crippen LogP contribution is -2.53. The van der Waals surface area contributed by atoms with Crippen molar-refractivity contribution in [3.8, 4) is 0 Å². The first kappa shape index (κ1) is 18.9. The van der Waals surface area contributed by atoms with Gasteiger partial charge in [0.15, 0.2) is 0 Å². The number of hydrogen-bond acceptors (Lipinski definition) is 4. The molecule has 0 saturated heterocycles. The van der Waals surface area contributed by atoms with Gasteiger partial charge in [0.1, 0.15) is 12.6 Å². The molecule has 0 aliphatic rings. The fourth-order valence-electron chi connectivity index (χ4n) is 1.86. The van der Waals surface area contributed by atoms with Gasteiger partial charge in [0.25, 0.3) is 0 Å². The molecule has 6 heteroatoms. The minimum atomic E-state index is -0.599. The van der Waals surface area contributed by atoms with Crippen LogP contribution in [0.2, 0.25) is 0 Å². The van der Waals surface area contributed by atoms with Gasteiger partial charge in [0, 0.05) is 19.8 Å². The molecule has 1 unspecified atom stereocenters. The van der Waals surface area contributed by atoms with E-state index in [1.165, 1.54) is 7.11 Å². The van der Waals surface area contributed by atoms with Crippen LogP contribution in [0, 0.1) is 11.8 Å². The average Bonchev–Trinajstić information content (AvgIpc) is 2.35. The third kappa shape index (κ3) is 6.86. The highest BCUT2D eigenvalue weighted by Gasteiger charge is 2.26. The maximum Gasteiger partial charge on any atom is 0.246 e. The molecule has 0 saturated carbocycles. The molecule has 0 heterocycles. The normalized spacial score (nSPS) is 14.2. The summed E-state index contributed by atoms with van der Waals surface area (Å²) in [5.41, 5.74) is 0. The fraction of sp³-hybridized carbons (Fsp3) is 0.857. The van der Waals surface area contributed by atoms with Crippen molar-refractivity contribution in [3.05, 3.63) is 0 Å². The second-order valence-corrected chi connectivity index (χ2v) is 5.59. The number of nitrogens with one attached hydrogen (secondary N) is 2. The molecular formula is C14H28N2O4. The summed E-state index contributed by atoms with van der Waals surface area (Å²) < 4.78 is 4.75. The van der Waals surface area contributed by atoms with E-state index >= 15 is 0 Å². The molecule has 118 valence electrons. The molecule has 2 atom stereocenters. The predicted molar refractivity (Wildman–Crippen MR) is 77.1 cm³/mol. The van der Waals surface area contributed by atoms with Gasteiger partial charge in [0.05, 0.1) is 0 Å². The lowest BCUT2D eigenvalue weighted by molar-refractivity contribution is -0.132. The number of methoxy groups -OCH3 is 1. The smallest absolute Gasteiger partial charge is 0.246 e. The summed E-state index contributed by atoms with van der Waals surface area (Å²) in [5.74, 6) is -0.354. The number of hydrogen-bond donors (Lipinski definition) is 3. The Morgan fingerprint density at radius 1 is 1.10 bits per heavy atom. The van der Waals surface area contributed by atoms with Gasteiger partial charge in [-0.25, -0.2) is 0 Å². The fourth-order valence-corrected chi connectivity index (χ4v) is 1.86. The lowest BCUT2D eigenvalue weighted by atomic mass is 9.98. The SMILES string of the molecule is COCC(=O)N[C@H](C(=O)NC(CCO)C(C)C)C(C)C. The average molecular weight is 288 g/mol. The number of carbonyl (C=O) groups excluding carboxylic acids is 2. The van der Waals surface area contributed by atoms with Crippen LogP contribution >= 0.6 is 0 Å². The van der Waals surface area contributed by atoms with Crippen molar-refractivity contribution in [1.29, 1.82) is 0 Å². The highest BCUT2D eigenvalue weighted by atomic mass is 16.5. The van der Waals surface area contributed by atoms with Crippen molar-refractivity contribution in [2.75, 3.05) is 20.3 Å². The summed E-state index contributed by atoms with van der Waals surface area (Å²) in [4.78, 5) is 23.8. The first-order valence-corrected chi connectivity index (χ1v) is 7.03. The Morgan fingerprint density at radius 2 is 1.70 bits per heavy atom. The molecule has 0 rings (SSSR count). The molecule has 0 bridgehead atoms. The van der Waals surface area contributed by atoms with Gasteiger partial charge in [-0.15, -0.1) is 0 Å². The predicted octanol–water partition coefficient (Wildman–Crippen LogP) is 0.297. The Labute approximate surface area is 121 Å². The van der Waals surface area contributed by atoms with Crippen LogP contribution in [-0.2, 0) is 14.3 Å². The zero-order valence-corrected chi connectivity index (χ0v) is 13.1. The number of rotatable bonds is 9. The maximum atomic E-state index is 12.3. The van der Waals surface area contributed by atoms with Gasteiger partial charge in [-0.05, 0) is 18.3 Å². The van der Waals surface area contributed by atoms with E-state index in [4.69, 9.17) is 9.84 Å². The second-order valence-electron chi connectivity index (χ2n) is 5.59. The molecule has 0 aromatic carbocycles. The van der Waals surface area contributed by atoms with Crippen molar-refractivity contribution in [2.24, 2.45) is 11.8 Å². The van der Waals surface area contributed by atoms with E-state index in [1.807, 2.05) is 27.7 Å². The van der Waals surface area contributed by atoms with E-state index in [0.29, 0.717) is 6.42 Å². The topological polar surface area (TPSA) is 87.7 Å². The van der Waals surface area contributed by atoms with E-state index in [9.17, 15) is 9.59 Å². The zero-order valence-electron chi connectivity index (χ0n) is 13.1. The van der Waals surface area contributed by atoms with E-state index < -0.39 is 6.04 Å². The quantitative estimate of drug-likeness (QED) is 0.569. The molecule has 20 heavy (non-hydrogen) atoms. The van der Waals surface area contributed by atoms with E-state index in [-0.39, 0.29) is 42.9 Å². The van der Waals surface area contributed by atoms with Crippen LogP contribution in [0.3, 0.4) is 0 Å². The van der Waals surface area contributed by atoms with Gasteiger partial charge in [-0.1, -0.05) is 27.7 Å². The van der Waals surface area contributed by atoms with Gasteiger partial charge < -0.3 is 20.5 Å². The number of amides is 2. The molecule has 0 spiro atoms. The zero-order chi connectivity index (χ0) is 15.7. The third-order valence-electron chi connectivity index (χ3n) is 3.11. The van der Waals surface area contributed by atoms with Gasteiger partial charge in [0.2, 0.25) is 11.8 Å². The van der Waals surface area contributed by atoms with Crippen LogP contribution in [-0.4, -0.2) is 49.3 Å². The summed E-state index contributed by atoms with van der Waals surface area (Å²) in [5, 5.41) is 14.6. The van der Waals surface area contributed by atoms with Crippen molar-refractivity contribution in [3.63, 3.8) is 0 Å². The summed E-state index contributed by atoms with van der Waals surface area (Å²) >= 11 is 0. The molecule has 3 N–H and O–H groups in total. The third-order valence-corrected chi connectivity index (χ3v) is 3.11. The summed E-state index contributed by atoms with van der Waals surface area (Å²) in [6.07, 6.45) is 0.500. The molecule has 0 fully saturated rings. The Balaban J connectivity index is 4.66. The van der Waals surface area contributed by atoms with Crippen molar-refractivity contribution < 1.29 is 19.4 Å². The molecule has 0 radical (unpaired) electrons. The number of aliphatic hydroxyl groups excluding tert-OH is 1. The van der Waals surface area contributed by atoms with Gasteiger partial charge in [-0.2, -0.15) is 0 Å². The van der Waals surface area contributed by atoms with E-state index in [0.717, 1.165) is 0 Å². The maximum absolute atomic E-state index is 12.3. The van der Waals surface area contributed by atoms with Crippen LogP contribution in [0.25, 0.3) is 0 Å². The summed E-state index contributed by atoms with van der Waals surface area (Å²) in [6.45, 7) is 7.65. The first-order valence-electron chi connectivity index (χ1n) is 7.03. The Morgan fingerprint density at radius 3 is 2.10 bits per heavy atom. The standard InChI is InChI=1S/C14H28N2O4/c1-9(2)11(6-7-17)15-14(19)13(10(3)4)16-12(18)8-20-5/h9-11,13,17H,6-8H2,1-5H3,(H,15,19)(H,16,18)/t11?,13-/m0/s1. The molecule has 0 aromatic heterocycles. The summed E-state index contributed by atoms with van der Waals surface area (Å²) in [7, 11) is 1.43. The minimum Gasteiger partial charge on any atom is -0.396 e. The molecule has 0 aliphatic carbocycles. The summed E-state index contributed by atoms with van der Waals surface area (Å²) in [6, 6.07) is -0.703.